The van der Waals surface area contributed by atoms with Crippen molar-refractivity contribution < 1.29 is 24.2 Å². The standard InChI is InChI=1S/C22H18N2O5/c1-13(21(27)24-12-19(25)23-17-8-4-5-9-18(17)24)29-22(28)16-11-10-14-6-2-3-7-15(14)20(16)26/h2-11,13,26H,12H2,1H3,(H,23,25)/t13-/m0/s1. The van der Waals surface area contributed by atoms with Crippen LogP contribution in [-0.2, 0) is 14.3 Å². The number of amides is 2. The van der Waals surface area contributed by atoms with E-state index in [1.807, 2.05) is 12.1 Å². The zero-order valence-electron chi connectivity index (χ0n) is 15.6. The summed E-state index contributed by atoms with van der Waals surface area (Å²) in [7, 11) is 0. The molecule has 0 unspecified atom stereocenters. The molecule has 3 aromatic carbocycles. The Morgan fingerprint density at radius 2 is 1.79 bits per heavy atom. The van der Waals surface area contributed by atoms with Gasteiger partial charge in [0.2, 0.25) is 5.91 Å². The summed E-state index contributed by atoms with van der Waals surface area (Å²) in [5.74, 6) is -1.87. The SMILES string of the molecule is C[C@H](OC(=O)c1ccc2ccccc2c1O)C(=O)N1CC(=O)Nc2ccccc21. The molecule has 146 valence electrons. The summed E-state index contributed by atoms with van der Waals surface area (Å²) in [4.78, 5) is 38.7. The minimum atomic E-state index is -1.15. The predicted molar refractivity (Wildman–Crippen MR) is 108 cm³/mol. The lowest BCUT2D eigenvalue weighted by molar-refractivity contribution is -0.128. The van der Waals surface area contributed by atoms with Gasteiger partial charge in [-0.15, -0.1) is 0 Å². The fourth-order valence-corrected chi connectivity index (χ4v) is 3.34. The summed E-state index contributed by atoms with van der Waals surface area (Å²) < 4.78 is 5.31. The van der Waals surface area contributed by atoms with Gasteiger partial charge in [-0.1, -0.05) is 42.5 Å². The number of para-hydroxylation sites is 2. The predicted octanol–water partition coefficient (Wildman–Crippen LogP) is 3.08. The number of rotatable bonds is 3. The molecule has 0 aliphatic carbocycles. The van der Waals surface area contributed by atoms with Crippen molar-refractivity contribution in [1.82, 2.24) is 0 Å². The molecule has 1 aliphatic heterocycles. The van der Waals surface area contributed by atoms with E-state index >= 15 is 0 Å². The average Bonchev–Trinajstić information content (AvgIpc) is 2.72. The fraction of sp³-hybridized carbons (Fsp3) is 0.136. The van der Waals surface area contributed by atoms with Gasteiger partial charge >= 0.3 is 5.97 Å². The van der Waals surface area contributed by atoms with E-state index in [4.69, 9.17) is 4.74 Å². The van der Waals surface area contributed by atoms with E-state index in [2.05, 4.69) is 5.32 Å². The quantitative estimate of drug-likeness (QED) is 0.670. The molecule has 0 bridgehead atoms. The van der Waals surface area contributed by atoms with Gasteiger partial charge in [0.05, 0.1) is 11.4 Å². The summed E-state index contributed by atoms with van der Waals surface area (Å²) in [6.07, 6.45) is -1.15. The molecule has 29 heavy (non-hydrogen) atoms. The number of nitrogens with zero attached hydrogens (tertiary/aromatic N) is 1. The minimum absolute atomic E-state index is 0.0277. The van der Waals surface area contributed by atoms with E-state index in [1.165, 1.54) is 17.9 Å². The lowest BCUT2D eigenvalue weighted by atomic mass is 10.1. The van der Waals surface area contributed by atoms with Crippen LogP contribution in [0.25, 0.3) is 10.8 Å². The van der Waals surface area contributed by atoms with Crippen molar-refractivity contribution in [3.63, 3.8) is 0 Å². The Labute approximate surface area is 166 Å². The molecule has 2 N–H and O–H groups in total. The first-order valence-corrected chi connectivity index (χ1v) is 9.07. The molecule has 0 saturated carbocycles. The number of hydrogen-bond donors (Lipinski definition) is 2. The lowest BCUT2D eigenvalue weighted by Crippen LogP contribution is -2.47. The van der Waals surface area contributed by atoms with E-state index in [0.29, 0.717) is 16.8 Å². The largest absolute Gasteiger partial charge is 0.506 e. The molecule has 4 rings (SSSR count). The number of ether oxygens (including phenoxy) is 1. The zero-order chi connectivity index (χ0) is 20.5. The highest BCUT2D eigenvalue weighted by molar-refractivity contribution is 6.11. The van der Waals surface area contributed by atoms with Crippen molar-refractivity contribution >= 4 is 39.9 Å². The molecule has 7 nitrogen and oxygen atoms in total. The molecular weight excluding hydrogens is 372 g/mol. The van der Waals surface area contributed by atoms with Gasteiger partial charge < -0.3 is 15.2 Å². The van der Waals surface area contributed by atoms with E-state index < -0.39 is 18.0 Å². The Kier molecular flexibility index (Phi) is 4.64. The number of hydrogen-bond acceptors (Lipinski definition) is 5. The van der Waals surface area contributed by atoms with Gasteiger partial charge in [0.15, 0.2) is 6.10 Å². The monoisotopic (exact) mass is 390 g/mol. The van der Waals surface area contributed by atoms with Crippen molar-refractivity contribution in [2.45, 2.75) is 13.0 Å². The normalized spacial score (nSPS) is 14.1. The molecule has 2 amide bonds. The first-order valence-electron chi connectivity index (χ1n) is 9.07. The summed E-state index contributed by atoms with van der Waals surface area (Å²) in [6, 6.07) is 17.1. The van der Waals surface area contributed by atoms with Crippen LogP contribution in [0.15, 0.2) is 60.7 Å². The highest BCUT2D eigenvalue weighted by Crippen LogP contribution is 2.31. The Morgan fingerprint density at radius 1 is 1.07 bits per heavy atom. The number of nitrogens with one attached hydrogen (secondary N) is 1. The number of phenols is 1. The number of benzene rings is 3. The van der Waals surface area contributed by atoms with Crippen LogP contribution in [0, 0.1) is 0 Å². The van der Waals surface area contributed by atoms with Gasteiger partial charge in [0, 0.05) is 5.39 Å². The number of aromatic hydroxyl groups is 1. The van der Waals surface area contributed by atoms with Gasteiger partial charge in [-0.25, -0.2) is 4.79 Å². The number of phenolic OH excluding ortho intramolecular Hbond substituents is 1. The highest BCUT2D eigenvalue weighted by Gasteiger charge is 2.32. The van der Waals surface area contributed by atoms with Crippen LogP contribution in [0.4, 0.5) is 11.4 Å². The number of carbonyl (C=O) groups is 3. The molecule has 0 aromatic heterocycles. The number of fused-ring (bicyclic) bond motifs is 2. The molecule has 0 spiro atoms. The second kappa shape index (κ2) is 7.27. The molecule has 1 heterocycles. The first kappa shape index (κ1) is 18.5. The van der Waals surface area contributed by atoms with Crippen LogP contribution in [0.2, 0.25) is 0 Å². The van der Waals surface area contributed by atoms with E-state index in [1.54, 1.807) is 42.5 Å². The number of anilines is 2. The average molecular weight is 390 g/mol. The van der Waals surface area contributed by atoms with Crippen LogP contribution in [0.3, 0.4) is 0 Å². The summed E-state index contributed by atoms with van der Waals surface area (Å²) in [6.45, 7) is 1.27. The Morgan fingerprint density at radius 3 is 2.62 bits per heavy atom. The van der Waals surface area contributed by atoms with Crippen LogP contribution in [0.5, 0.6) is 5.75 Å². The smallest absolute Gasteiger partial charge is 0.342 e. The molecule has 1 aliphatic rings. The maximum Gasteiger partial charge on any atom is 0.342 e. The maximum atomic E-state index is 12.9. The molecular formula is C22H18N2O5. The molecule has 0 fully saturated rings. The van der Waals surface area contributed by atoms with Crippen molar-refractivity contribution in [3.8, 4) is 5.75 Å². The van der Waals surface area contributed by atoms with Crippen molar-refractivity contribution in [2.75, 3.05) is 16.8 Å². The van der Waals surface area contributed by atoms with Crippen molar-refractivity contribution in [1.29, 1.82) is 0 Å². The Balaban J connectivity index is 1.56. The Hall–Kier alpha value is -3.87. The highest BCUT2D eigenvalue weighted by atomic mass is 16.5. The van der Waals surface area contributed by atoms with Crippen LogP contribution in [0.1, 0.15) is 17.3 Å². The van der Waals surface area contributed by atoms with Crippen LogP contribution < -0.4 is 10.2 Å². The summed E-state index contributed by atoms with van der Waals surface area (Å²) in [5.41, 5.74) is 1.02. The van der Waals surface area contributed by atoms with Gasteiger partial charge in [-0.3, -0.25) is 14.5 Å². The van der Waals surface area contributed by atoms with Crippen LogP contribution in [-0.4, -0.2) is 35.5 Å². The van der Waals surface area contributed by atoms with Crippen molar-refractivity contribution in [3.05, 3.63) is 66.2 Å². The van der Waals surface area contributed by atoms with Gasteiger partial charge in [-0.05, 0) is 30.5 Å². The van der Waals surface area contributed by atoms with Gasteiger partial charge in [0.25, 0.3) is 5.91 Å². The third-order valence-electron chi connectivity index (χ3n) is 4.79. The summed E-state index contributed by atoms with van der Waals surface area (Å²) >= 11 is 0. The third kappa shape index (κ3) is 3.38. The summed E-state index contributed by atoms with van der Waals surface area (Å²) in [5, 5.41) is 14.4. The van der Waals surface area contributed by atoms with Crippen molar-refractivity contribution in [2.24, 2.45) is 0 Å². The second-order valence-corrected chi connectivity index (χ2v) is 6.72. The fourth-order valence-electron chi connectivity index (χ4n) is 3.34. The molecule has 0 saturated heterocycles. The van der Waals surface area contributed by atoms with Gasteiger partial charge in [-0.2, -0.15) is 0 Å². The first-order chi connectivity index (χ1) is 14.0. The third-order valence-corrected chi connectivity index (χ3v) is 4.79. The van der Waals surface area contributed by atoms with E-state index in [-0.39, 0.29) is 23.8 Å². The van der Waals surface area contributed by atoms with E-state index in [9.17, 15) is 19.5 Å². The zero-order valence-corrected chi connectivity index (χ0v) is 15.6. The minimum Gasteiger partial charge on any atom is -0.506 e. The molecule has 1 atom stereocenters. The topological polar surface area (TPSA) is 95.9 Å². The number of carbonyl (C=O) groups excluding carboxylic acids is 3. The maximum absolute atomic E-state index is 12.9. The lowest BCUT2D eigenvalue weighted by Gasteiger charge is -2.30. The van der Waals surface area contributed by atoms with E-state index in [0.717, 1.165) is 5.39 Å². The second-order valence-electron chi connectivity index (χ2n) is 6.72. The number of esters is 1. The molecule has 7 heteroatoms. The molecule has 3 aromatic rings. The van der Waals surface area contributed by atoms with Gasteiger partial charge in [0.1, 0.15) is 17.9 Å². The van der Waals surface area contributed by atoms with Crippen LogP contribution >= 0.6 is 0 Å². The Bertz CT molecular complexity index is 1140. The molecule has 0 radical (unpaired) electrons.